The van der Waals surface area contributed by atoms with Crippen LogP contribution < -0.4 is 4.74 Å². The van der Waals surface area contributed by atoms with Crippen LogP contribution in [0.3, 0.4) is 0 Å². The fourth-order valence-corrected chi connectivity index (χ4v) is 1.74. The van der Waals surface area contributed by atoms with Crippen molar-refractivity contribution in [3.8, 4) is 5.75 Å². The van der Waals surface area contributed by atoms with Crippen LogP contribution in [0.4, 0.5) is 0 Å². The minimum Gasteiger partial charge on any atom is -0.422 e. The first-order valence-corrected chi connectivity index (χ1v) is 5.97. The molecular weight excluding hydrogens is 240 g/mol. The van der Waals surface area contributed by atoms with Crippen LogP contribution in [0, 0.1) is 6.92 Å². The fourth-order valence-electron chi connectivity index (χ4n) is 1.74. The SMILES string of the molecule is CC(=O)c1cc(C)ccc1OC(=O)c1ccccc1. The van der Waals surface area contributed by atoms with Gasteiger partial charge in [-0.25, -0.2) is 4.79 Å². The number of ketones is 1. The van der Waals surface area contributed by atoms with E-state index in [1.807, 2.05) is 13.0 Å². The number of hydrogen-bond acceptors (Lipinski definition) is 3. The van der Waals surface area contributed by atoms with E-state index >= 15 is 0 Å². The molecule has 0 atom stereocenters. The van der Waals surface area contributed by atoms with E-state index in [9.17, 15) is 9.59 Å². The summed E-state index contributed by atoms with van der Waals surface area (Å²) in [6.07, 6.45) is 0. The maximum Gasteiger partial charge on any atom is 0.343 e. The van der Waals surface area contributed by atoms with Crippen LogP contribution in [0.1, 0.15) is 33.2 Å². The normalized spacial score (nSPS) is 10.0. The van der Waals surface area contributed by atoms with Crippen molar-refractivity contribution in [1.29, 1.82) is 0 Å². The Kier molecular flexibility index (Phi) is 3.76. The second-order valence-corrected chi connectivity index (χ2v) is 4.31. The molecule has 0 fully saturated rings. The van der Waals surface area contributed by atoms with Crippen molar-refractivity contribution in [1.82, 2.24) is 0 Å². The lowest BCUT2D eigenvalue weighted by molar-refractivity contribution is 0.0733. The molecule has 0 N–H and O–H groups in total. The average Bonchev–Trinajstić information content (AvgIpc) is 2.41. The van der Waals surface area contributed by atoms with Crippen LogP contribution in [0.5, 0.6) is 5.75 Å². The molecule has 0 aliphatic rings. The molecule has 3 heteroatoms. The van der Waals surface area contributed by atoms with Crippen LogP contribution in [0.25, 0.3) is 0 Å². The van der Waals surface area contributed by atoms with Crippen molar-refractivity contribution < 1.29 is 14.3 Å². The third-order valence-electron chi connectivity index (χ3n) is 2.73. The van der Waals surface area contributed by atoms with Crippen molar-refractivity contribution in [2.75, 3.05) is 0 Å². The quantitative estimate of drug-likeness (QED) is 0.479. The van der Waals surface area contributed by atoms with Gasteiger partial charge in [-0.05, 0) is 38.1 Å². The summed E-state index contributed by atoms with van der Waals surface area (Å²) in [6.45, 7) is 3.34. The van der Waals surface area contributed by atoms with Gasteiger partial charge in [0.2, 0.25) is 0 Å². The lowest BCUT2D eigenvalue weighted by Gasteiger charge is -2.09. The van der Waals surface area contributed by atoms with Gasteiger partial charge in [-0.2, -0.15) is 0 Å². The lowest BCUT2D eigenvalue weighted by Crippen LogP contribution is -2.10. The summed E-state index contributed by atoms with van der Waals surface area (Å²) in [5, 5.41) is 0. The van der Waals surface area contributed by atoms with Crippen LogP contribution in [0.2, 0.25) is 0 Å². The predicted molar refractivity (Wildman–Crippen MR) is 72.6 cm³/mol. The zero-order valence-corrected chi connectivity index (χ0v) is 10.8. The molecule has 0 aliphatic carbocycles. The molecule has 0 heterocycles. The highest BCUT2D eigenvalue weighted by molar-refractivity contribution is 5.99. The zero-order chi connectivity index (χ0) is 13.8. The topological polar surface area (TPSA) is 43.4 Å². The molecule has 0 saturated carbocycles. The molecule has 0 unspecified atom stereocenters. The molecule has 2 aromatic rings. The van der Waals surface area contributed by atoms with Crippen LogP contribution in [-0.2, 0) is 0 Å². The first-order chi connectivity index (χ1) is 9.08. The van der Waals surface area contributed by atoms with E-state index in [4.69, 9.17) is 4.74 Å². The number of aryl methyl sites for hydroxylation is 1. The van der Waals surface area contributed by atoms with Crippen molar-refractivity contribution in [2.45, 2.75) is 13.8 Å². The monoisotopic (exact) mass is 254 g/mol. The molecule has 0 amide bonds. The van der Waals surface area contributed by atoms with Gasteiger partial charge < -0.3 is 4.74 Å². The summed E-state index contributed by atoms with van der Waals surface area (Å²) in [7, 11) is 0. The van der Waals surface area contributed by atoms with Crippen molar-refractivity contribution in [2.24, 2.45) is 0 Å². The zero-order valence-electron chi connectivity index (χ0n) is 10.8. The molecule has 0 spiro atoms. The molecular formula is C16H14O3. The van der Waals surface area contributed by atoms with E-state index in [2.05, 4.69) is 0 Å². The van der Waals surface area contributed by atoms with Crippen LogP contribution in [0.15, 0.2) is 48.5 Å². The van der Waals surface area contributed by atoms with Gasteiger partial charge in [0.05, 0.1) is 11.1 Å². The molecule has 2 aromatic carbocycles. The standard InChI is InChI=1S/C16H14O3/c1-11-8-9-15(14(10-11)12(2)17)19-16(18)13-6-4-3-5-7-13/h3-10H,1-2H3. The van der Waals surface area contributed by atoms with E-state index in [-0.39, 0.29) is 5.78 Å². The minimum atomic E-state index is -0.466. The van der Waals surface area contributed by atoms with Crippen LogP contribution in [-0.4, -0.2) is 11.8 Å². The molecule has 0 aromatic heterocycles. The molecule has 0 bridgehead atoms. The summed E-state index contributed by atoms with van der Waals surface area (Å²) in [5.41, 5.74) is 1.83. The summed E-state index contributed by atoms with van der Waals surface area (Å²) in [4.78, 5) is 23.5. The number of Topliss-reactive ketones (excluding diaryl/α,β-unsaturated/α-hetero) is 1. The highest BCUT2D eigenvalue weighted by Crippen LogP contribution is 2.21. The number of esters is 1. The Morgan fingerprint density at radius 3 is 2.32 bits per heavy atom. The molecule has 19 heavy (non-hydrogen) atoms. The Balaban J connectivity index is 2.29. The highest BCUT2D eigenvalue weighted by Gasteiger charge is 2.13. The van der Waals surface area contributed by atoms with Gasteiger partial charge in [0.15, 0.2) is 5.78 Å². The van der Waals surface area contributed by atoms with Gasteiger partial charge in [0, 0.05) is 0 Å². The summed E-state index contributed by atoms with van der Waals surface area (Å²) in [5.74, 6) is -0.293. The molecule has 0 saturated heterocycles. The third kappa shape index (κ3) is 3.07. The molecule has 0 aliphatic heterocycles. The van der Waals surface area contributed by atoms with Gasteiger partial charge in [0.25, 0.3) is 0 Å². The Bertz CT molecular complexity index is 615. The highest BCUT2D eigenvalue weighted by atomic mass is 16.5. The lowest BCUT2D eigenvalue weighted by atomic mass is 10.1. The smallest absolute Gasteiger partial charge is 0.343 e. The van der Waals surface area contributed by atoms with Gasteiger partial charge in [-0.15, -0.1) is 0 Å². The molecule has 3 nitrogen and oxygen atoms in total. The number of rotatable bonds is 3. The second kappa shape index (κ2) is 5.48. The maximum absolute atomic E-state index is 11.9. The summed E-state index contributed by atoms with van der Waals surface area (Å²) >= 11 is 0. The second-order valence-electron chi connectivity index (χ2n) is 4.31. The Morgan fingerprint density at radius 2 is 1.68 bits per heavy atom. The summed E-state index contributed by atoms with van der Waals surface area (Å²) < 4.78 is 5.29. The average molecular weight is 254 g/mol. The largest absolute Gasteiger partial charge is 0.422 e. The first-order valence-electron chi connectivity index (χ1n) is 5.97. The van der Waals surface area contributed by atoms with Crippen molar-refractivity contribution in [3.05, 3.63) is 65.2 Å². The van der Waals surface area contributed by atoms with E-state index in [1.165, 1.54) is 6.92 Å². The molecule has 0 radical (unpaired) electrons. The van der Waals surface area contributed by atoms with Crippen molar-refractivity contribution in [3.63, 3.8) is 0 Å². The Hall–Kier alpha value is -2.42. The van der Waals surface area contributed by atoms with E-state index in [1.54, 1.807) is 42.5 Å². The van der Waals surface area contributed by atoms with E-state index < -0.39 is 5.97 Å². The minimum absolute atomic E-state index is 0.125. The van der Waals surface area contributed by atoms with E-state index in [0.717, 1.165) is 5.56 Å². The molecule has 96 valence electrons. The van der Waals surface area contributed by atoms with Gasteiger partial charge in [-0.1, -0.05) is 29.8 Å². The fraction of sp³-hybridized carbons (Fsp3) is 0.125. The Labute approximate surface area is 111 Å². The number of hydrogen-bond donors (Lipinski definition) is 0. The number of benzene rings is 2. The van der Waals surface area contributed by atoms with Gasteiger partial charge in [-0.3, -0.25) is 4.79 Å². The van der Waals surface area contributed by atoms with Crippen molar-refractivity contribution >= 4 is 11.8 Å². The number of carbonyl (C=O) groups excluding carboxylic acids is 2. The summed E-state index contributed by atoms with van der Waals surface area (Å²) in [6, 6.07) is 13.9. The van der Waals surface area contributed by atoms with Gasteiger partial charge in [0.1, 0.15) is 5.75 Å². The van der Waals surface area contributed by atoms with Crippen LogP contribution >= 0.6 is 0 Å². The number of ether oxygens (including phenoxy) is 1. The third-order valence-corrected chi connectivity index (χ3v) is 2.73. The number of carbonyl (C=O) groups is 2. The first kappa shape index (κ1) is 13.0. The van der Waals surface area contributed by atoms with E-state index in [0.29, 0.717) is 16.9 Å². The van der Waals surface area contributed by atoms with Gasteiger partial charge >= 0.3 is 5.97 Å². The Morgan fingerprint density at radius 1 is 1.00 bits per heavy atom. The maximum atomic E-state index is 11.9. The predicted octanol–water partition coefficient (Wildman–Crippen LogP) is 3.42. The molecule has 2 rings (SSSR count).